The molecule has 1 unspecified atom stereocenters. The quantitative estimate of drug-likeness (QED) is 0.754. The molecule has 0 fully saturated rings. The van der Waals surface area contributed by atoms with E-state index in [1.165, 1.54) is 6.42 Å². The predicted octanol–water partition coefficient (Wildman–Crippen LogP) is 4.44. The van der Waals surface area contributed by atoms with Crippen molar-refractivity contribution in [1.29, 1.82) is 0 Å². The molecular weight excluding hydrogens is 198 g/mol. The van der Waals surface area contributed by atoms with Crippen LogP contribution in [0.25, 0.3) is 0 Å². The van der Waals surface area contributed by atoms with Gasteiger partial charge >= 0.3 is 0 Å². The van der Waals surface area contributed by atoms with Gasteiger partial charge in [0, 0.05) is 10.8 Å². The van der Waals surface area contributed by atoms with E-state index >= 15 is 0 Å². The van der Waals surface area contributed by atoms with E-state index in [2.05, 4.69) is 46.5 Å². The van der Waals surface area contributed by atoms with Crippen molar-refractivity contribution >= 4 is 0 Å². The molecule has 92 valence electrons. The summed E-state index contributed by atoms with van der Waals surface area (Å²) in [5.41, 5.74) is 0.143. The molecule has 0 aliphatic heterocycles. The van der Waals surface area contributed by atoms with Crippen LogP contribution in [0.4, 0.5) is 0 Å². The highest BCUT2D eigenvalue weighted by Gasteiger charge is 2.30. The monoisotopic (exact) mass is 223 g/mol. The number of oxazole rings is 1. The highest BCUT2D eigenvalue weighted by atomic mass is 16.4. The van der Waals surface area contributed by atoms with Crippen LogP contribution < -0.4 is 0 Å². The third kappa shape index (κ3) is 2.66. The van der Waals surface area contributed by atoms with E-state index in [0.29, 0.717) is 0 Å². The van der Waals surface area contributed by atoms with Gasteiger partial charge in [0.2, 0.25) is 0 Å². The second-order valence-corrected chi connectivity index (χ2v) is 5.94. The van der Waals surface area contributed by atoms with Crippen molar-refractivity contribution in [2.24, 2.45) is 0 Å². The van der Waals surface area contributed by atoms with Crippen molar-refractivity contribution in [1.82, 2.24) is 4.98 Å². The fourth-order valence-corrected chi connectivity index (χ4v) is 1.93. The van der Waals surface area contributed by atoms with Gasteiger partial charge in [-0.25, -0.2) is 4.98 Å². The summed E-state index contributed by atoms with van der Waals surface area (Å²) in [5.74, 6) is 1.89. The fraction of sp³-hybridized carbons (Fsp3) is 0.786. The summed E-state index contributed by atoms with van der Waals surface area (Å²) < 4.78 is 5.95. The zero-order valence-corrected chi connectivity index (χ0v) is 11.6. The van der Waals surface area contributed by atoms with Gasteiger partial charge in [-0.3, -0.25) is 0 Å². The number of aromatic nitrogens is 1. The molecule has 0 aliphatic rings. The molecule has 2 heteroatoms. The Kier molecular flexibility index (Phi) is 3.82. The average molecular weight is 223 g/mol. The maximum atomic E-state index is 5.95. The van der Waals surface area contributed by atoms with E-state index in [1.54, 1.807) is 0 Å². The first kappa shape index (κ1) is 13.3. The number of hydrogen-bond acceptors (Lipinski definition) is 2. The number of rotatable bonds is 4. The Morgan fingerprint density at radius 2 is 1.81 bits per heavy atom. The van der Waals surface area contributed by atoms with Crippen molar-refractivity contribution in [3.63, 3.8) is 0 Å². The van der Waals surface area contributed by atoms with Gasteiger partial charge in [0.05, 0.1) is 6.20 Å². The molecule has 0 N–H and O–H groups in total. The van der Waals surface area contributed by atoms with Crippen molar-refractivity contribution in [2.45, 2.75) is 71.6 Å². The molecule has 2 nitrogen and oxygen atoms in total. The van der Waals surface area contributed by atoms with Gasteiger partial charge in [-0.15, -0.1) is 0 Å². The third-order valence-corrected chi connectivity index (χ3v) is 3.32. The minimum atomic E-state index is -0.000877. The smallest absolute Gasteiger partial charge is 0.199 e. The van der Waals surface area contributed by atoms with Crippen molar-refractivity contribution in [3.8, 4) is 0 Å². The minimum Gasteiger partial charge on any atom is -0.445 e. The van der Waals surface area contributed by atoms with Crippen molar-refractivity contribution in [3.05, 3.63) is 17.8 Å². The summed E-state index contributed by atoms with van der Waals surface area (Å²) in [5, 5.41) is 0. The maximum Gasteiger partial charge on any atom is 0.199 e. The lowest BCUT2D eigenvalue weighted by Gasteiger charge is -2.25. The molecule has 1 rings (SSSR count). The molecule has 16 heavy (non-hydrogen) atoms. The fourth-order valence-electron chi connectivity index (χ4n) is 1.93. The van der Waals surface area contributed by atoms with Crippen LogP contribution in [0.3, 0.4) is 0 Å². The Labute approximate surface area is 99.5 Å². The van der Waals surface area contributed by atoms with Gasteiger partial charge in [0.1, 0.15) is 5.76 Å². The molecule has 0 aromatic carbocycles. The highest BCUT2D eigenvalue weighted by molar-refractivity contribution is 5.12. The van der Waals surface area contributed by atoms with Crippen molar-refractivity contribution in [2.75, 3.05) is 0 Å². The van der Waals surface area contributed by atoms with E-state index in [0.717, 1.165) is 24.5 Å². The summed E-state index contributed by atoms with van der Waals surface area (Å²) in [6.45, 7) is 13.1. The van der Waals surface area contributed by atoms with E-state index in [4.69, 9.17) is 4.42 Å². The van der Waals surface area contributed by atoms with Gasteiger partial charge in [0.15, 0.2) is 5.89 Å². The zero-order valence-electron chi connectivity index (χ0n) is 11.6. The lowest BCUT2D eigenvalue weighted by Crippen LogP contribution is -2.19. The van der Waals surface area contributed by atoms with Crippen molar-refractivity contribution < 1.29 is 4.42 Å². The normalized spacial score (nSPS) is 16.1. The van der Waals surface area contributed by atoms with Gasteiger partial charge in [0.25, 0.3) is 0 Å². The zero-order chi connectivity index (χ0) is 12.4. The van der Waals surface area contributed by atoms with Crippen LogP contribution in [0.2, 0.25) is 0 Å². The topological polar surface area (TPSA) is 26.0 Å². The SMILES string of the molecule is CCCC(C)(CC)c1cnc(C(C)(C)C)o1. The van der Waals surface area contributed by atoms with Crippen LogP contribution >= 0.6 is 0 Å². The van der Waals surface area contributed by atoms with E-state index in [-0.39, 0.29) is 10.8 Å². The molecule has 0 radical (unpaired) electrons. The predicted molar refractivity (Wildman–Crippen MR) is 67.8 cm³/mol. The van der Waals surface area contributed by atoms with Crippen LogP contribution in [-0.4, -0.2) is 4.98 Å². The average Bonchev–Trinajstić information content (AvgIpc) is 2.66. The van der Waals surface area contributed by atoms with E-state index < -0.39 is 0 Å². The van der Waals surface area contributed by atoms with Crippen LogP contribution in [0.1, 0.15) is 72.5 Å². The van der Waals surface area contributed by atoms with Gasteiger partial charge in [-0.2, -0.15) is 0 Å². The molecule has 1 heterocycles. The van der Waals surface area contributed by atoms with Crippen LogP contribution in [0, 0.1) is 0 Å². The summed E-state index contributed by atoms with van der Waals surface area (Å²) in [4.78, 5) is 4.42. The van der Waals surface area contributed by atoms with Crippen LogP contribution in [0.5, 0.6) is 0 Å². The number of hydrogen-bond donors (Lipinski definition) is 0. The molecule has 0 amide bonds. The molecule has 0 saturated carbocycles. The molecule has 0 saturated heterocycles. The molecule has 0 bridgehead atoms. The van der Waals surface area contributed by atoms with Crippen LogP contribution in [-0.2, 0) is 10.8 Å². The summed E-state index contributed by atoms with van der Waals surface area (Å²) in [6.07, 6.45) is 5.34. The Balaban J connectivity index is 3.00. The molecule has 0 spiro atoms. The lowest BCUT2D eigenvalue weighted by atomic mass is 9.81. The summed E-state index contributed by atoms with van der Waals surface area (Å²) in [6, 6.07) is 0. The van der Waals surface area contributed by atoms with Gasteiger partial charge in [-0.1, -0.05) is 48.0 Å². The third-order valence-electron chi connectivity index (χ3n) is 3.32. The Morgan fingerprint density at radius 1 is 1.19 bits per heavy atom. The van der Waals surface area contributed by atoms with Gasteiger partial charge < -0.3 is 4.42 Å². The highest BCUT2D eigenvalue weighted by Crippen LogP contribution is 2.34. The first-order valence-electron chi connectivity index (χ1n) is 6.30. The van der Waals surface area contributed by atoms with Gasteiger partial charge in [-0.05, 0) is 12.8 Å². The largest absolute Gasteiger partial charge is 0.445 e. The first-order chi connectivity index (χ1) is 7.33. The number of nitrogens with zero attached hydrogens (tertiary/aromatic N) is 1. The van der Waals surface area contributed by atoms with E-state index in [9.17, 15) is 0 Å². The molecular formula is C14H25NO. The first-order valence-corrected chi connectivity index (χ1v) is 6.30. The standard InChI is InChI=1S/C14H25NO/c1-7-9-14(6,8-2)11-10-15-12(16-11)13(3,4)5/h10H,7-9H2,1-6H3. The second-order valence-electron chi connectivity index (χ2n) is 5.94. The summed E-state index contributed by atoms with van der Waals surface area (Å²) in [7, 11) is 0. The summed E-state index contributed by atoms with van der Waals surface area (Å²) >= 11 is 0. The van der Waals surface area contributed by atoms with Crippen LogP contribution in [0.15, 0.2) is 10.6 Å². The maximum absolute atomic E-state index is 5.95. The lowest BCUT2D eigenvalue weighted by molar-refractivity contribution is 0.292. The molecule has 1 atom stereocenters. The second kappa shape index (κ2) is 4.60. The Bertz CT molecular complexity index is 335. The molecule has 1 aromatic heterocycles. The minimum absolute atomic E-state index is 0.000877. The Morgan fingerprint density at radius 3 is 2.19 bits per heavy atom. The molecule has 0 aliphatic carbocycles. The molecule has 1 aromatic rings. The van der Waals surface area contributed by atoms with E-state index in [1.807, 2.05) is 6.20 Å². The Hall–Kier alpha value is -0.790.